The van der Waals surface area contributed by atoms with Gasteiger partial charge in [-0.3, -0.25) is 14.4 Å². The SMILES string of the molecule is CCCN(C(=O)C(CC(N)=O)NC(=O)OC(C)(C)C)C(C(=O)Nc1ccccc1C)c1ccc(C)c(C)c1. The number of alkyl carbamates (subject to hydrolysis) is 1. The monoisotopic (exact) mass is 524 g/mol. The molecule has 2 atom stereocenters. The Balaban J connectivity index is 2.55. The Labute approximate surface area is 225 Å². The molecule has 0 saturated carbocycles. The summed E-state index contributed by atoms with van der Waals surface area (Å²) in [6.45, 7) is 12.9. The number of anilines is 1. The molecule has 9 nitrogen and oxygen atoms in total. The number of carbonyl (C=O) groups excluding carboxylic acids is 4. The molecule has 38 heavy (non-hydrogen) atoms. The summed E-state index contributed by atoms with van der Waals surface area (Å²) in [5.74, 6) is -1.80. The normalized spacial score (nSPS) is 12.7. The van der Waals surface area contributed by atoms with Crippen LogP contribution in [-0.2, 0) is 19.1 Å². The number of primary amides is 1. The van der Waals surface area contributed by atoms with Crippen molar-refractivity contribution in [2.45, 2.75) is 79.0 Å². The lowest BCUT2D eigenvalue weighted by molar-refractivity contribution is -0.141. The smallest absolute Gasteiger partial charge is 0.408 e. The molecular weight excluding hydrogens is 484 g/mol. The molecule has 9 heteroatoms. The van der Waals surface area contributed by atoms with Crippen LogP contribution >= 0.6 is 0 Å². The van der Waals surface area contributed by atoms with Gasteiger partial charge in [0.1, 0.15) is 17.7 Å². The molecule has 2 rings (SSSR count). The zero-order valence-electron chi connectivity index (χ0n) is 23.4. The van der Waals surface area contributed by atoms with Gasteiger partial charge in [0.05, 0.1) is 6.42 Å². The summed E-state index contributed by atoms with van der Waals surface area (Å²) < 4.78 is 5.30. The van der Waals surface area contributed by atoms with Crippen molar-refractivity contribution in [1.29, 1.82) is 0 Å². The highest BCUT2D eigenvalue weighted by Gasteiger charge is 2.37. The number of carbonyl (C=O) groups is 4. The second kappa shape index (κ2) is 13.1. The predicted octanol–water partition coefficient (Wildman–Crippen LogP) is 4.30. The molecule has 0 fully saturated rings. The maximum absolute atomic E-state index is 13.9. The van der Waals surface area contributed by atoms with E-state index in [9.17, 15) is 19.2 Å². The van der Waals surface area contributed by atoms with E-state index in [1.807, 2.05) is 64.1 Å². The highest BCUT2D eigenvalue weighted by molar-refractivity contribution is 6.00. The fraction of sp³-hybridized carbons (Fsp3) is 0.448. The van der Waals surface area contributed by atoms with Crippen molar-refractivity contribution in [3.63, 3.8) is 0 Å². The van der Waals surface area contributed by atoms with E-state index in [1.165, 1.54) is 4.90 Å². The van der Waals surface area contributed by atoms with Crippen molar-refractivity contribution < 1.29 is 23.9 Å². The molecule has 0 saturated heterocycles. The third-order valence-electron chi connectivity index (χ3n) is 5.95. The lowest BCUT2D eigenvalue weighted by atomic mass is 9.97. The van der Waals surface area contributed by atoms with Gasteiger partial charge >= 0.3 is 6.09 Å². The van der Waals surface area contributed by atoms with E-state index in [4.69, 9.17) is 10.5 Å². The van der Waals surface area contributed by atoms with Crippen LogP contribution in [0.15, 0.2) is 42.5 Å². The highest BCUT2D eigenvalue weighted by Crippen LogP contribution is 2.27. The van der Waals surface area contributed by atoms with Gasteiger partial charge in [-0.25, -0.2) is 4.79 Å². The number of nitrogens with zero attached hydrogens (tertiary/aromatic N) is 1. The maximum atomic E-state index is 13.9. The van der Waals surface area contributed by atoms with Crippen LogP contribution in [0.2, 0.25) is 0 Å². The largest absolute Gasteiger partial charge is 0.444 e. The third-order valence-corrected chi connectivity index (χ3v) is 5.95. The molecule has 2 aromatic rings. The number of nitrogens with one attached hydrogen (secondary N) is 2. The Hall–Kier alpha value is -3.88. The average Bonchev–Trinajstić information content (AvgIpc) is 2.80. The van der Waals surface area contributed by atoms with Crippen molar-refractivity contribution in [3.05, 3.63) is 64.7 Å². The lowest BCUT2D eigenvalue weighted by Crippen LogP contribution is -2.53. The van der Waals surface area contributed by atoms with Gasteiger partial charge < -0.3 is 26.0 Å². The molecule has 0 aliphatic rings. The Bertz CT molecular complexity index is 1170. The minimum atomic E-state index is -1.31. The molecular formula is C29H40N4O5. The summed E-state index contributed by atoms with van der Waals surface area (Å²) in [7, 11) is 0. The average molecular weight is 525 g/mol. The van der Waals surface area contributed by atoms with Crippen LogP contribution in [-0.4, -0.2) is 46.9 Å². The summed E-state index contributed by atoms with van der Waals surface area (Å²) in [6, 6.07) is 10.6. The summed E-state index contributed by atoms with van der Waals surface area (Å²) in [5, 5.41) is 5.43. The Morgan fingerprint density at radius 1 is 0.974 bits per heavy atom. The van der Waals surface area contributed by atoms with Crippen LogP contribution in [0.5, 0.6) is 0 Å². The summed E-state index contributed by atoms with van der Waals surface area (Å²) in [4.78, 5) is 53.6. The fourth-order valence-electron chi connectivity index (χ4n) is 3.98. The molecule has 0 radical (unpaired) electrons. The quantitative estimate of drug-likeness (QED) is 0.427. The molecule has 4 amide bonds. The van der Waals surface area contributed by atoms with E-state index in [0.29, 0.717) is 17.7 Å². The molecule has 206 valence electrons. The molecule has 0 aromatic heterocycles. The third kappa shape index (κ3) is 8.61. The first-order valence-corrected chi connectivity index (χ1v) is 12.8. The Morgan fingerprint density at radius 3 is 2.18 bits per heavy atom. The topological polar surface area (TPSA) is 131 Å². The zero-order chi connectivity index (χ0) is 28.6. The molecule has 0 bridgehead atoms. The molecule has 0 aliphatic carbocycles. The maximum Gasteiger partial charge on any atom is 0.408 e. The summed E-state index contributed by atoms with van der Waals surface area (Å²) >= 11 is 0. The highest BCUT2D eigenvalue weighted by atomic mass is 16.6. The van der Waals surface area contributed by atoms with E-state index >= 15 is 0 Å². The number of amides is 4. The minimum absolute atomic E-state index is 0.197. The number of para-hydroxylation sites is 1. The van der Waals surface area contributed by atoms with Crippen LogP contribution in [0.3, 0.4) is 0 Å². The molecule has 4 N–H and O–H groups in total. The van der Waals surface area contributed by atoms with E-state index in [-0.39, 0.29) is 6.54 Å². The van der Waals surface area contributed by atoms with Crippen molar-refractivity contribution in [2.24, 2.45) is 5.73 Å². The fourth-order valence-corrected chi connectivity index (χ4v) is 3.98. The van der Waals surface area contributed by atoms with Crippen LogP contribution in [0.1, 0.15) is 68.8 Å². The lowest BCUT2D eigenvalue weighted by Gasteiger charge is -2.34. The van der Waals surface area contributed by atoms with Crippen molar-refractivity contribution >= 4 is 29.5 Å². The van der Waals surface area contributed by atoms with Gasteiger partial charge in [-0.15, -0.1) is 0 Å². The number of aryl methyl sites for hydroxylation is 3. The number of ether oxygens (including phenoxy) is 1. The number of hydrogen-bond donors (Lipinski definition) is 3. The second-order valence-electron chi connectivity index (χ2n) is 10.5. The predicted molar refractivity (Wildman–Crippen MR) is 147 cm³/mol. The van der Waals surface area contributed by atoms with Gasteiger partial charge in [0.2, 0.25) is 11.8 Å². The summed E-state index contributed by atoms with van der Waals surface area (Å²) in [5.41, 5.74) is 8.71. The van der Waals surface area contributed by atoms with Crippen molar-refractivity contribution in [2.75, 3.05) is 11.9 Å². The van der Waals surface area contributed by atoms with E-state index in [0.717, 1.165) is 16.7 Å². The standard InChI is InChI=1S/C29H40N4O5/c1-8-15-33(27(36)23(17-24(30)34)32-28(37)38-29(5,6)7)25(21-14-13-18(2)20(4)16-21)26(35)31-22-12-10-9-11-19(22)3/h9-14,16,23,25H,8,15,17H2,1-7H3,(H2,30,34)(H,31,35)(H,32,37). The van der Waals surface area contributed by atoms with Crippen molar-refractivity contribution in [3.8, 4) is 0 Å². The van der Waals surface area contributed by atoms with E-state index in [2.05, 4.69) is 10.6 Å². The van der Waals surface area contributed by atoms with Crippen LogP contribution in [0, 0.1) is 20.8 Å². The minimum Gasteiger partial charge on any atom is -0.444 e. The van der Waals surface area contributed by atoms with Gasteiger partial charge in [0.25, 0.3) is 5.91 Å². The Kier molecular flexibility index (Phi) is 10.4. The number of benzene rings is 2. The molecule has 2 aromatic carbocycles. The first kappa shape index (κ1) is 30.3. The number of rotatable bonds is 10. The number of hydrogen-bond acceptors (Lipinski definition) is 5. The van der Waals surface area contributed by atoms with Gasteiger partial charge in [0.15, 0.2) is 0 Å². The van der Waals surface area contributed by atoms with Crippen LogP contribution in [0.25, 0.3) is 0 Å². The van der Waals surface area contributed by atoms with Gasteiger partial charge in [0, 0.05) is 12.2 Å². The van der Waals surface area contributed by atoms with Crippen LogP contribution < -0.4 is 16.4 Å². The van der Waals surface area contributed by atoms with Gasteiger partial charge in [-0.1, -0.05) is 43.3 Å². The zero-order valence-corrected chi connectivity index (χ0v) is 23.4. The number of nitrogens with two attached hydrogens (primary N) is 1. The first-order valence-electron chi connectivity index (χ1n) is 12.8. The van der Waals surface area contributed by atoms with E-state index < -0.39 is 47.9 Å². The van der Waals surface area contributed by atoms with Gasteiger partial charge in [-0.05, 0) is 76.3 Å². The second-order valence-corrected chi connectivity index (χ2v) is 10.5. The summed E-state index contributed by atoms with van der Waals surface area (Å²) in [6.07, 6.45) is -0.779. The van der Waals surface area contributed by atoms with E-state index in [1.54, 1.807) is 26.8 Å². The molecule has 0 spiro atoms. The molecule has 0 aliphatic heterocycles. The van der Waals surface area contributed by atoms with Crippen molar-refractivity contribution in [1.82, 2.24) is 10.2 Å². The van der Waals surface area contributed by atoms with Gasteiger partial charge in [-0.2, -0.15) is 0 Å². The first-order chi connectivity index (χ1) is 17.7. The Morgan fingerprint density at radius 2 is 1.63 bits per heavy atom. The molecule has 2 unspecified atom stereocenters. The molecule has 0 heterocycles. The van der Waals surface area contributed by atoms with Crippen LogP contribution in [0.4, 0.5) is 10.5 Å².